The van der Waals surface area contributed by atoms with Gasteiger partial charge in [-0.2, -0.15) is 0 Å². The largest absolute Gasteiger partial charge is 0.456 e. The van der Waals surface area contributed by atoms with E-state index in [2.05, 4.69) is 181 Å². The summed E-state index contributed by atoms with van der Waals surface area (Å²) in [5.41, 5.74) is 9.82. The lowest BCUT2D eigenvalue weighted by molar-refractivity contribution is 0.669. The van der Waals surface area contributed by atoms with E-state index in [-0.39, 0.29) is 0 Å². The SMILES string of the molecule is c1ccc(-c2ccc(N(c3ccc4oc5ccccc5c4c3)c3cc4c5ccccc5ccc4c4ccccc34)cc2-c2ccccc2)cc1. The molecule has 9 aromatic carbocycles. The van der Waals surface area contributed by atoms with Gasteiger partial charge in [-0.15, -0.1) is 0 Å². The second-order valence-electron chi connectivity index (χ2n) is 12.9. The van der Waals surface area contributed by atoms with Gasteiger partial charge in [-0.1, -0.05) is 146 Å². The summed E-state index contributed by atoms with van der Waals surface area (Å²) < 4.78 is 6.30. The molecular weight excluding hydrogens is 607 g/mol. The fraction of sp³-hybridized carbons (Fsp3) is 0. The quantitative estimate of drug-likeness (QED) is 0.175. The zero-order valence-electron chi connectivity index (χ0n) is 27.3. The lowest BCUT2D eigenvalue weighted by atomic mass is 9.92. The molecule has 10 rings (SSSR count). The van der Waals surface area contributed by atoms with Gasteiger partial charge in [0.2, 0.25) is 0 Å². The third kappa shape index (κ3) is 4.57. The van der Waals surface area contributed by atoms with E-state index in [4.69, 9.17) is 4.42 Å². The highest BCUT2D eigenvalue weighted by Crippen LogP contribution is 2.46. The number of nitrogens with zero attached hydrogens (tertiary/aromatic N) is 1. The summed E-state index contributed by atoms with van der Waals surface area (Å²) in [6, 6.07) is 67.7. The molecule has 1 aromatic heterocycles. The minimum atomic E-state index is 0.883. The van der Waals surface area contributed by atoms with E-state index >= 15 is 0 Å². The Hall–Kier alpha value is -6.64. The molecule has 0 spiro atoms. The molecule has 2 nitrogen and oxygen atoms in total. The lowest BCUT2D eigenvalue weighted by Crippen LogP contribution is -2.11. The molecule has 0 saturated heterocycles. The summed E-state index contributed by atoms with van der Waals surface area (Å²) in [7, 11) is 0. The van der Waals surface area contributed by atoms with Crippen LogP contribution in [0.2, 0.25) is 0 Å². The van der Waals surface area contributed by atoms with Crippen LogP contribution in [0.15, 0.2) is 192 Å². The van der Waals surface area contributed by atoms with E-state index in [1.165, 1.54) is 54.6 Å². The molecular formula is C48H31NO. The van der Waals surface area contributed by atoms with Crippen LogP contribution in [0, 0.1) is 0 Å². The first-order valence-electron chi connectivity index (χ1n) is 17.1. The second kappa shape index (κ2) is 11.5. The van der Waals surface area contributed by atoms with Crippen molar-refractivity contribution in [2.75, 3.05) is 4.90 Å². The van der Waals surface area contributed by atoms with E-state index in [0.717, 1.165) is 39.0 Å². The summed E-state index contributed by atoms with van der Waals surface area (Å²) in [4.78, 5) is 2.44. The van der Waals surface area contributed by atoms with Crippen LogP contribution in [0.3, 0.4) is 0 Å². The van der Waals surface area contributed by atoms with Crippen molar-refractivity contribution in [2.24, 2.45) is 0 Å². The van der Waals surface area contributed by atoms with Gasteiger partial charge < -0.3 is 9.32 Å². The van der Waals surface area contributed by atoms with Crippen LogP contribution in [0.4, 0.5) is 17.1 Å². The minimum absolute atomic E-state index is 0.883. The Morgan fingerprint density at radius 1 is 0.320 bits per heavy atom. The van der Waals surface area contributed by atoms with E-state index in [0.29, 0.717) is 0 Å². The molecule has 0 aliphatic rings. The number of hydrogen-bond acceptors (Lipinski definition) is 2. The predicted octanol–water partition coefficient (Wildman–Crippen LogP) is 13.8. The predicted molar refractivity (Wildman–Crippen MR) is 212 cm³/mol. The maximum atomic E-state index is 6.30. The Bertz CT molecular complexity index is 2870. The molecule has 0 N–H and O–H groups in total. The second-order valence-corrected chi connectivity index (χ2v) is 12.9. The van der Waals surface area contributed by atoms with Gasteiger partial charge in [-0.05, 0) is 91.6 Å². The van der Waals surface area contributed by atoms with Crippen LogP contribution >= 0.6 is 0 Å². The maximum Gasteiger partial charge on any atom is 0.135 e. The molecule has 234 valence electrons. The van der Waals surface area contributed by atoms with Gasteiger partial charge in [-0.25, -0.2) is 0 Å². The van der Waals surface area contributed by atoms with Crippen molar-refractivity contribution in [3.63, 3.8) is 0 Å². The highest BCUT2D eigenvalue weighted by atomic mass is 16.3. The number of rotatable bonds is 5. The van der Waals surface area contributed by atoms with Crippen molar-refractivity contribution in [1.29, 1.82) is 0 Å². The summed E-state index contributed by atoms with van der Waals surface area (Å²) in [6.07, 6.45) is 0. The summed E-state index contributed by atoms with van der Waals surface area (Å²) in [6.45, 7) is 0. The Morgan fingerprint density at radius 3 is 1.70 bits per heavy atom. The van der Waals surface area contributed by atoms with Gasteiger partial charge in [0, 0.05) is 27.5 Å². The number of anilines is 3. The number of benzene rings is 9. The van der Waals surface area contributed by atoms with E-state index < -0.39 is 0 Å². The molecule has 0 radical (unpaired) electrons. The number of para-hydroxylation sites is 1. The monoisotopic (exact) mass is 637 g/mol. The topological polar surface area (TPSA) is 16.4 Å². The first-order chi connectivity index (χ1) is 24.8. The van der Waals surface area contributed by atoms with Gasteiger partial charge in [-0.3, -0.25) is 0 Å². The maximum absolute atomic E-state index is 6.30. The molecule has 50 heavy (non-hydrogen) atoms. The van der Waals surface area contributed by atoms with Gasteiger partial charge in [0.25, 0.3) is 0 Å². The lowest BCUT2D eigenvalue weighted by Gasteiger charge is -2.29. The summed E-state index contributed by atoms with van der Waals surface area (Å²) in [5, 5.41) is 9.61. The fourth-order valence-corrected chi connectivity index (χ4v) is 7.70. The molecule has 0 atom stereocenters. The van der Waals surface area contributed by atoms with E-state index in [1.54, 1.807) is 0 Å². The first kappa shape index (κ1) is 28.4. The Morgan fingerprint density at radius 2 is 0.900 bits per heavy atom. The molecule has 0 saturated carbocycles. The van der Waals surface area contributed by atoms with Crippen LogP contribution in [0.25, 0.3) is 76.5 Å². The zero-order valence-corrected chi connectivity index (χ0v) is 27.3. The molecule has 0 fully saturated rings. The third-order valence-electron chi connectivity index (χ3n) is 10.0. The normalized spacial score (nSPS) is 11.6. The first-order valence-corrected chi connectivity index (χ1v) is 17.1. The van der Waals surface area contributed by atoms with Crippen LogP contribution < -0.4 is 4.90 Å². The molecule has 1 heterocycles. The van der Waals surface area contributed by atoms with Gasteiger partial charge in [0.05, 0.1) is 5.69 Å². The molecule has 0 amide bonds. The van der Waals surface area contributed by atoms with Crippen molar-refractivity contribution in [3.05, 3.63) is 188 Å². The summed E-state index contributed by atoms with van der Waals surface area (Å²) >= 11 is 0. The average Bonchev–Trinajstić information content (AvgIpc) is 3.57. The summed E-state index contributed by atoms with van der Waals surface area (Å²) in [5.74, 6) is 0. The molecule has 0 unspecified atom stereocenters. The Balaban J connectivity index is 1.31. The minimum Gasteiger partial charge on any atom is -0.456 e. The molecule has 0 aliphatic heterocycles. The number of furan rings is 1. The van der Waals surface area contributed by atoms with Crippen LogP contribution in [-0.2, 0) is 0 Å². The van der Waals surface area contributed by atoms with Crippen LogP contribution in [-0.4, -0.2) is 0 Å². The highest BCUT2D eigenvalue weighted by molar-refractivity contribution is 6.21. The molecule has 2 heteroatoms. The Kier molecular flexibility index (Phi) is 6.53. The number of fused-ring (bicyclic) bond motifs is 8. The zero-order chi connectivity index (χ0) is 33.0. The van der Waals surface area contributed by atoms with Crippen molar-refractivity contribution in [1.82, 2.24) is 0 Å². The Labute approximate surface area is 290 Å². The van der Waals surface area contributed by atoms with Gasteiger partial charge in [0.1, 0.15) is 11.2 Å². The van der Waals surface area contributed by atoms with Crippen LogP contribution in [0.5, 0.6) is 0 Å². The molecule has 10 aromatic rings. The van der Waals surface area contributed by atoms with Crippen molar-refractivity contribution >= 4 is 71.3 Å². The standard InChI is InChI=1S/C48H31NO/c1-3-13-32(14-4-1)38-27-24-35(29-43(38)33-15-5-2-6-16-33)49(36-25-28-48-45(30-36)42-21-11-12-22-47(42)50-48)46-31-44-37-18-8-7-17-34(37)23-26-40(44)39-19-9-10-20-41(39)46/h1-31H. The molecule has 0 aliphatic carbocycles. The smallest absolute Gasteiger partial charge is 0.135 e. The highest BCUT2D eigenvalue weighted by Gasteiger charge is 2.21. The molecule has 0 bridgehead atoms. The average molecular weight is 638 g/mol. The van der Waals surface area contributed by atoms with Crippen LogP contribution in [0.1, 0.15) is 0 Å². The van der Waals surface area contributed by atoms with Gasteiger partial charge >= 0.3 is 0 Å². The third-order valence-corrected chi connectivity index (χ3v) is 10.0. The van der Waals surface area contributed by atoms with Gasteiger partial charge in [0.15, 0.2) is 0 Å². The fourth-order valence-electron chi connectivity index (χ4n) is 7.70. The van der Waals surface area contributed by atoms with E-state index in [9.17, 15) is 0 Å². The van der Waals surface area contributed by atoms with Crippen molar-refractivity contribution in [2.45, 2.75) is 0 Å². The van der Waals surface area contributed by atoms with E-state index in [1.807, 2.05) is 12.1 Å². The van der Waals surface area contributed by atoms with Crippen molar-refractivity contribution in [3.8, 4) is 22.3 Å². The number of hydrogen-bond donors (Lipinski definition) is 0. The van der Waals surface area contributed by atoms with Crippen molar-refractivity contribution < 1.29 is 4.42 Å².